The van der Waals surface area contributed by atoms with E-state index in [0.717, 1.165) is 43.2 Å². The number of ether oxygens (including phenoxy) is 2. The fraction of sp³-hybridized carbons (Fsp3) is 0.562. The molecule has 130 valence electrons. The molecule has 7 heteroatoms. The lowest BCUT2D eigenvalue weighted by Gasteiger charge is -2.20. The Morgan fingerprint density at radius 2 is 1.91 bits per heavy atom. The zero-order valence-electron chi connectivity index (χ0n) is 13.9. The van der Waals surface area contributed by atoms with Gasteiger partial charge in [-0.3, -0.25) is 4.79 Å². The van der Waals surface area contributed by atoms with Gasteiger partial charge in [0.1, 0.15) is 11.5 Å². The molecule has 1 aromatic carbocycles. The SMILES string of the molecule is CNCC(=O)NCC1CCN(c2cc(OC)cc(OC)c2)C1.Cl. The van der Waals surface area contributed by atoms with Gasteiger partial charge >= 0.3 is 0 Å². The summed E-state index contributed by atoms with van der Waals surface area (Å²) in [6.45, 7) is 2.99. The summed E-state index contributed by atoms with van der Waals surface area (Å²) in [5, 5.41) is 5.82. The van der Waals surface area contributed by atoms with Gasteiger partial charge in [0.2, 0.25) is 5.91 Å². The third kappa shape index (κ3) is 5.48. The molecular weight excluding hydrogens is 318 g/mol. The van der Waals surface area contributed by atoms with Crippen LogP contribution in [0, 0.1) is 5.92 Å². The molecule has 0 aliphatic carbocycles. The highest BCUT2D eigenvalue weighted by Crippen LogP contribution is 2.31. The Morgan fingerprint density at radius 3 is 2.48 bits per heavy atom. The maximum Gasteiger partial charge on any atom is 0.233 e. The van der Waals surface area contributed by atoms with Gasteiger partial charge < -0.3 is 25.0 Å². The molecular formula is C16H26ClN3O3. The van der Waals surface area contributed by atoms with Gasteiger partial charge in [0.05, 0.1) is 20.8 Å². The summed E-state index contributed by atoms with van der Waals surface area (Å²) in [6, 6.07) is 5.91. The Bertz CT molecular complexity index is 491. The summed E-state index contributed by atoms with van der Waals surface area (Å²) in [5.41, 5.74) is 1.10. The summed E-state index contributed by atoms with van der Waals surface area (Å²) < 4.78 is 10.6. The molecule has 0 radical (unpaired) electrons. The van der Waals surface area contributed by atoms with Crippen molar-refractivity contribution in [3.05, 3.63) is 18.2 Å². The van der Waals surface area contributed by atoms with Crippen LogP contribution in [0.5, 0.6) is 11.5 Å². The van der Waals surface area contributed by atoms with Crippen LogP contribution in [0.2, 0.25) is 0 Å². The Kier molecular flexibility index (Phi) is 7.98. The first-order chi connectivity index (χ1) is 10.7. The summed E-state index contributed by atoms with van der Waals surface area (Å²) in [4.78, 5) is 13.8. The largest absolute Gasteiger partial charge is 0.497 e. The fourth-order valence-electron chi connectivity index (χ4n) is 2.69. The number of likely N-dealkylation sites (N-methyl/N-ethyl adjacent to an activating group) is 1. The molecule has 0 aromatic heterocycles. The second-order valence-electron chi connectivity index (χ2n) is 5.51. The number of carbonyl (C=O) groups excluding carboxylic acids is 1. The third-order valence-corrected chi connectivity index (χ3v) is 3.91. The molecule has 0 spiro atoms. The number of rotatable bonds is 7. The molecule has 1 amide bonds. The van der Waals surface area contributed by atoms with E-state index in [4.69, 9.17) is 9.47 Å². The number of amides is 1. The lowest BCUT2D eigenvalue weighted by molar-refractivity contribution is -0.120. The van der Waals surface area contributed by atoms with E-state index in [1.807, 2.05) is 18.2 Å². The molecule has 2 rings (SSSR count). The van der Waals surface area contributed by atoms with Crippen LogP contribution < -0.4 is 25.0 Å². The van der Waals surface area contributed by atoms with Crippen molar-refractivity contribution < 1.29 is 14.3 Å². The van der Waals surface area contributed by atoms with Gasteiger partial charge in [-0.1, -0.05) is 0 Å². The molecule has 1 saturated heterocycles. The lowest BCUT2D eigenvalue weighted by Crippen LogP contribution is -2.36. The number of anilines is 1. The van der Waals surface area contributed by atoms with Crippen molar-refractivity contribution in [2.75, 3.05) is 52.3 Å². The minimum atomic E-state index is 0. The van der Waals surface area contributed by atoms with Crippen LogP contribution >= 0.6 is 12.4 Å². The molecule has 1 aliphatic heterocycles. The van der Waals surface area contributed by atoms with Gasteiger partial charge in [0.25, 0.3) is 0 Å². The number of benzene rings is 1. The first-order valence-electron chi connectivity index (χ1n) is 7.55. The summed E-state index contributed by atoms with van der Waals surface area (Å²) in [6.07, 6.45) is 1.07. The molecule has 1 heterocycles. The maximum atomic E-state index is 11.5. The van der Waals surface area contributed by atoms with E-state index in [-0.39, 0.29) is 18.3 Å². The Labute approximate surface area is 143 Å². The van der Waals surface area contributed by atoms with Crippen LogP contribution in [0.25, 0.3) is 0 Å². The molecule has 23 heavy (non-hydrogen) atoms. The monoisotopic (exact) mass is 343 g/mol. The zero-order chi connectivity index (χ0) is 15.9. The van der Waals surface area contributed by atoms with E-state index in [1.165, 1.54) is 0 Å². The van der Waals surface area contributed by atoms with E-state index in [9.17, 15) is 4.79 Å². The van der Waals surface area contributed by atoms with Crippen molar-refractivity contribution in [1.82, 2.24) is 10.6 Å². The highest BCUT2D eigenvalue weighted by molar-refractivity contribution is 5.85. The Morgan fingerprint density at radius 1 is 1.26 bits per heavy atom. The number of halogens is 1. The van der Waals surface area contributed by atoms with Gasteiger partial charge in [-0.05, 0) is 19.4 Å². The molecule has 1 unspecified atom stereocenters. The van der Waals surface area contributed by atoms with Gasteiger partial charge in [0, 0.05) is 43.5 Å². The van der Waals surface area contributed by atoms with Crippen molar-refractivity contribution in [2.45, 2.75) is 6.42 Å². The first kappa shape index (κ1) is 19.4. The number of methoxy groups -OCH3 is 2. The van der Waals surface area contributed by atoms with E-state index in [1.54, 1.807) is 21.3 Å². The quantitative estimate of drug-likeness (QED) is 0.781. The molecule has 0 bridgehead atoms. The molecule has 6 nitrogen and oxygen atoms in total. The van der Waals surface area contributed by atoms with Crippen molar-refractivity contribution in [3.8, 4) is 11.5 Å². The zero-order valence-corrected chi connectivity index (χ0v) is 14.7. The second-order valence-corrected chi connectivity index (χ2v) is 5.51. The smallest absolute Gasteiger partial charge is 0.233 e. The maximum absolute atomic E-state index is 11.5. The van der Waals surface area contributed by atoms with E-state index < -0.39 is 0 Å². The minimum absolute atomic E-state index is 0. The number of nitrogens with zero attached hydrogens (tertiary/aromatic N) is 1. The van der Waals surface area contributed by atoms with Crippen LogP contribution in [0.1, 0.15) is 6.42 Å². The van der Waals surface area contributed by atoms with Crippen molar-refractivity contribution in [3.63, 3.8) is 0 Å². The Hall–Kier alpha value is -1.66. The van der Waals surface area contributed by atoms with Crippen LogP contribution in [-0.4, -0.2) is 53.4 Å². The predicted molar refractivity (Wildman–Crippen MR) is 94.1 cm³/mol. The van der Waals surface area contributed by atoms with Gasteiger partial charge in [-0.2, -0.15) is 0 Å². The Balaban J connectivity index is 0.00000264. The summed E-state index contributed by atoms with van der Waals surface area (Å²) >= 11 is 0. The first-order valence-corrected chi connectivity index (χ1v) is 7.55. The summed E-state index contributed by atoms with van der Waals surface area (Å²) in [7, 11) is 5.08. The molecule has 1 aliphatic rings. The number of nitrogens with one attached hydrogen (secondary N) is 2. The standard InChI is InChI=1S/C16H25N3O3.ClH/c1-17-10-16(20)18-9-12-4-5-19(11-12)13-6-14(21-2)8-15(7-13)22-3;/h6-8,12,17H,4-5,9-11H2,1-3H3,(H,18,20);1H. The molecule has 2 N–H and O–H groups in total. The molecule has 1 fully saturated rings. The van der Waals surface area contributed by atoms with Crippen LogP contribution in [0.3, 0.4) is 0 Å². The van der Waals surface area contributed by atoms with Crippen molar-refractivity contribution in [2.24, 2.45) is 5.92 Å². The highest BCUT2D eigenvalue weighted by atomic mass is 35.5. The minimum Gasteiger partial charge on any atom is -0.497 e. The van der Waals surface area contributed by atoms with Crippen LogP contribution in [0.15, 0.2) is 18.2 Å². The van der Waals surface area contributed by atoms with Crippen LogP contribution in [0.4, 0.5) is 5.69 Å². The summed E-state index contributed by atoms with van der Waals surface area (Å²) in [5.74, 6) is 2.10. The lowest BCUT2D eigenvalue weighted by atomic mass is 10.1. The normalized spacial score (nSPS) is 16.7. The van der Waals surface area contributed by atoms with Crippen LogP contribution in [-0.2, 0) is 4.79 Å². The van der Waals surface area contributed by atoms with E-state index in [0.29, 0.717) is 12.5 Å². The van der Waals surface area contributed by atoms with Gasteiger partial charge in [-0.15, -0.1) is 12.4 Å². The highest BCUT2D eigenvalue weighted by Gasteiger charge is 2.23. The average molecular weight is 344 g/mol. The second kappa shape index (κ2) is 9.47. The predicted octanol–water partition coefficient (Wildman–Crippen LogP) is 1.29. The van der Waals surface area contributed by atoms with Crippen molar-refractivity contribution >= 4 is 24.0 Å². The molecule has 1 aromatic rings. The van der Waals surface area contributed by atoms with Gasteiger partial charge in [0.15, 0.2) is 0 Å². The number of carbonyl (C=O) groups is 1. The van der Waals surface area contributed by atoms with E-state index >= 15 is 0 Å². The molecule has 0 saturated carbocycles. The van der Waals surface area contributed by atoms with E-state index in [2.05, 4.69) is 15.5 Å². The van der Waals surface area contributed by atoms with Gasteiger partial charge in [-0.25, -0.2) is 0 Å². The number of hydrogen-bond donors (Lipinski definition) is 2. The number of hydrogen-bond acceptors (Lipinski definition) is 5. The average Bonchev–Trinajstić information content (AvgIpc) is 3.01. The third-order valence-electron chi connectivity index (χ3n) is 3.91. The fourth-order valence-corrected chi connectivity index (χ4v) is 2.69. The van der Waals surface area contributed by atoms with Crippen molar-refractivity contribution in [1.29, 1.82) is 0 Å². The molecule has 1 atom stereocenters. The topological polar surface area (TPSA) is 62.8 Å².